The van der Waals surface area contributed by atoms with Gasteiger partial charge in [-0.15, -0.1) is 0 Å². The molecule has 0 unspecified atom stereocenters. The van der Waals surface area contributed by atoms with Gasteiger partial charge in [0.25, 0.3) is 0 Å². The van der Waals surface area contributed by atoms with Crippen LogP contribution >= 0.6 is 0 Å². The van der Waals surface area contributed by atoms with Crippen LogP contribution in [0, 0.1) is 0 Å². The Kier molecular flexibility index (Phi) is 3.93. The monoisotopic (exact) mass is 310 g/mol. The molecule has 0 saturated heterocycles. The van der Waals surface area contributed by atoms with Crippen molar-refractivity contribution in [1.29, 1.82) is 0 Å². The maximum absolute atomic E-state index is 12.8. The van der Waals surface area contributed by atoms with Crippen LogP contribution in [0.5, 0.6) is 0 Å². The first kappa shape index (κ1) is 15.3. The number of hydrogen-bond donors (Lipinski definition) is 3. The standard InChI is InChI=1S/C13H18N4O3S/c1-8(2)17(7-13(15)18)21(19,20)12-6-16-11-4-3-9(14)5-10(11)12/h3-6,8,16H,7,14H2,1-2H3,(H2,15,18). The number of nitrogens with zero attached hydrogens (tertiary/aromatic N) is 1. The molecule has 0 spiro atoms. The summed E-state index contributed by atoms with van der Waals surface area (Å²) < 4.78 is 26.6. The lowest BCUT2D eigenvalue weighted by Crippen LogP contribution is -2.42. The zero-order valence-electron chi connectivity index (χ0n) is 11.8. The van der Waals surface area contributed by atoms with E-state index in [-0.39, 0.29) is 11.4 Å². The maximum Gasteiger partial charge on any atom is 0.245 e. The number of sulfonamides is 1. The summed E-state index contributed by atoms with van der Waals surface area (Å²) in [4.78, 5) is 14.1. The quantitative estimate of drug-likeness (QED) is 0.701. The van der Waals surface area contributed by atoms with E-state index in [1.807, 2.05) is 0 Å². The number of hydrogen-bond acceptors (Lipinski definition) is 4. The Morgan fingerprint density at radius 1 is 1.38 bits per heavy atom. The molecule has 0 aliphatic heterocycles. The van der Waals surface area contributed by atoms with Gasteiger partial charge in [0, 0.05) is 28.8 Å². The molecule has 0 radical (unpaired) electrons. The molecule has 1 amide bonds. The number of aromatic amines is 1. The van der Waals surface area contributed by atoms with E-state index in [4.69, 9.17) is 11.5 Å². The fourth-order valence-electron chi connectivity index (χ4n) is 2.15. The number of anilines is 1. The number of H-pyrrole nitrogens is 1. The van der Waals surface area contributed by atoms with Crippen molar-refractivity contribution in [2.24, 2.45) is 5.73 Å². The van der Waals surface area contributed by atoms with Gasteiger partial charge < -0.3 is 16.5 Å². The number of rotatable bonds is 5. The highest BCUT2D eigenvalue weighted by molar-refractivity contribution is 7.89. The summed E-state index contributed by atoms with van der Waals surface area (Å²) in [5, 5.41) is 0.491. The first-order valence-electron chi connectivity index (χ1n) is 6.40. The van der Waals surface area contributed by atoms with E-state index in [0.29, 0.717) is 16.6 Å². The molecule has 0 aliphatic rings. The summed E-state index contributed by atoms with van der Waals surface area (Å²) in [7, 11) is -3.85. The van der Waals surface area contributed by atoms with Crippen LogP contribution < -0.4 is 11.5 Å². The van der Waals surface area contributed by atoms with Gasteiger partial charge in [0.2, 0.25) is 15.9 Å². The summed E-state index contributed by atoms with van der Waals surface area (Å²) in [5.41, 5.74) is 12.0. The Balaban J connectivity index is 2.59. The highest BCUT2D eigenvalue weighted by Gasteiger charge is 2.30. The second-order valence-electron chi connectivity index (χ2n) is 5.07. The van der Waals surface area contributed by atoms with Gasteiger partial charge in [0.1, 0.15) is 4.90 Å². The summed E-state index contributed by atoms with van der Waals surface area (Å²) in [6.07, 6.45) is 1.40. The number of nitrogens with one attached hydrogen (secondary N) is 1. The van der Waals surface area contributed by atoms with Crippen molar-refractivity contribution in [2.75, 3.05) is 12.3 Å². The Morgan fingerprint density at radius 2 is 2.05 bits per heavy atom. The van der Waals surface area contributed by atoms with Gasteiger partial charge in [-0.2, -0.15) is 4.31 Å². The fourth-order valence-corrected chi connectivity index (χ4v) is 3.91. The molecule has 21 heavy (non-hydrogen) atoms. The predicted molar refractivity (Wildman–Crippen MR) is 80.9 cm³/mol. The zero-order chi connectivity index (χ0) is 15.8. The number of nitrogens with two attached hydrogens (primary N) is 2. The third-order valence-electron chi connectivity index (χ3n) is 3.14. The van der Waals surface area contributed by atoms with E-state index in [1.165, 1.54) is 6.20 Å². The Labute approximate surface area is 123 Å². The highest BCUT2D eigenvalue weighted by Crippen LogP contribution is 2.28. The molecule has 8 heteroatoms. The first-order valence-corrected chi connectivity index (χ1v) is 7.84. The number of primary amides is 1. The molecule has 1 heterocycles. The molecule has 5 N–H and O–H groups in total. The molecule has 2 rings (SSSR count). The molecule has 0 bridgehead atoms. The number of carbonyl (C=O) groups is 1. The van der Waals surface area contributed by atoms with Crippen molar-refractivity contribution < 1.29 is 13.2 Å². The Morgan fingerprint density at radius 3 is 2.62 bits per heavy atom. The second kappa shape index (κ2) is 5.38. The van der Waals surface area contributed by atoms with E-state index in [9.17, 15) is 13.2 Å². The van der Waals surface area contributed by atoms with Gasteiger partial charge in [-0.1, -0.05) is 0 Å². The van der Waals surface area contributed by atoms with E-state index >= 15 is 0 Å². The lowest BCUT2D eigenvalue weighted by atomic mass is 10.2. The lowest BCUT2D eigenvalue weighted by molar-refractivity contribution is -0.118. The predicted octanol–water partition coefficient (Wildman–Crippen LogP) is 0.635. The van der Waals surface area contributed by atoms with Crippen molar-refractivity contribution in [2.45, 2.75) is 24.8 Å². The SMILES string of the molecule is CC(C)N(CC(N)=O)S(=O)(=O)c1c[nH]c2ccc(N)cc12. The van der Waals surface area contributed by atoms with E-state index in [2.05, 4.69) is 4.98 Å². The van der Waals surface area contributed by atoms with Crippen LogP contribution in [0.3, 0.4) is 0 Å². The molecule has 0 atom stereocenters. The highest BCUT2D eigenvalue weighted by atomic mass is 32.2. The Hall–Kier alpha value is -2.06. The molecule has 0 aliphatic carbocycles. The van der Waals surface area contributed by atoms with Crippen molar-refractivity contribution in [1.82, 2.24) is 9.29 Å². The van der Waals surface area contributed by atoms with Crippen LogP contribution in [0.25, 0.3) is 10.9 Å². The van der Waals surface area contributed by atoms with Crippen LogP contribution in [-0.4, -0.2) is 36.2 Å². The van der Waals surface area contributed by atoms with E-state index in [1.54, 1.807) is 32.0 Å². The summed E-state index contributed by atoms with van der Waals surface area (Å²) in [6.45, 7) is 3.00. The van der Waals surface area contributed by atoms with Crippen LogP contribution in [-0.2, 0) is 14.8 Å². The number of amides is 1. The third-order valence-corrected chi connectivity index (χ3v) is 5.20. The smallest absolute Gasteiger partial charge is 0.245 e. The average molecular weight is 310 g/mol. The normalized spacial score (nSPS) is 12.4. The van der Waals surface area contributed by atoms with E-state index < -0.39 is 22.0 Å². The third kappa shape index (κ3) is 2.86. The van der Waals surface area contributed by atoms with Crippen molar-refractivity contribution >= 4 is 32.5 Å². The number of nitrogen functional groups attached to an aromatic ring is 1. The minimum atomic E-state index is -3.85. The lowest BCUT2D eigenvalue weighted by Gasteiger charge is -2.24. The number of carbonyl (C=O) groups excluding carboxylic acids is 1. The largest absolute Gasteiger partial charge is 0.399 e. The minimum absolute atomic E-state index is 0.0831. The molecular weight excluding hydrogens is 292 g/mol. The molecule has 7 nitrogen and oxygen atoms in total. The van der Waals surface area contributed by atoms with Crippen molar-refractivity contribution in [3.05, 3.63) is 24.4 Å². The number of fused-ring (bicyclic) bond motifs is 1. The van der Waals surface area contributed by atoms with Gasteiger partial charge >= 0.3 is 0 Å². The molecule has 0 fully saturated rings. The topological polar surface area (TPSA) is 122 Å². The minimum Gasteiger partial charge on any atom is -0.399 e. The van der Waals surface area contributed by atoms with E-state index in [0.717, 1.165) is 4.31 Å². The van der Waals surface area contributed by atoms with Gasteiger partial charge in [0.05, 0.1) is 6.54 Å². The van der Waals surface area contributed by atoms with Gasteiger partial charge in [-0.25, -0.2) is 8.42 Å². The fraction of sp³-hybridized carbons (Fsp3) is 0.308. The molecule has 0 saturated carbocycles. The molecule has 1 aromatic carbocycles. The van der Waals surface area contributed by atoms with Gasteiger partial charge in [-0.05, 0) is 32.0 Å². The first-order chi connectivity index (χ1) is 9.73. The number of benzene rings is 1. The van der Waals surface area contributed by atoms with Gasteiger partial charge in [0.15, 0.2) is 0 Å². The molecular formula is C13H18N4O3S. The van der Waals surface area contributed by atoms with Crippen LogP contribution in [0.1, 0.15) is 13.8 Å². The van der Waals surface area contributed by atoms with Crippen molar-refractivity contribution in [3.63, 3.8) is 0 Å². The van der Waals surface area contributed by atoms with Crippen LogP contribution in [0.2, 0.25) is 0 Å². The average Bonchev–Trinajstić information content (AvgIpc) is 2.78. The van der Waals surface area contributed by atoms with Crippen LogP contribution in [0.4, 0.5) is 5.69 Å². The summed E-state index contributed by atoms with van der Waals surface area (Å²) in [6, 6.07) is 4.58. The number of aromatic nitrogens is 1. The molecule has 1 aromatic heterocycles. The Bertz CT molecular complexity index is 780. The summed E-state index contributed by atoms with van der Waals surface area (Å²) in [5.74, 6) is -0.702. The second-order valence-corrected chi connectivity index (χ2v) is 6.93. The molecule has 114 valence electrons. The van der Waals surface area contributed by atoms with Crippen molar-refractivity contribution in [3.8, 4) is 0 Å². The summed E-state index contributed by atoms with van der Waals surface area (Å²) >= 11 is 0. The van der Waals surface area contributed by atoms with Gasteiger partial charge in [-0.3, -0.25) is 4.79 Å². The molecule has 2 aromatic rings. The van der Waals surface area contributed by atoms with Crippen LogP contribution in [0.15, 0.2) is 29.3 Å². The zero-order valence-corrected chi connectivity index (χ0v) is 12.6. The maximum atomic E-state index is 12.8.